The second-order valence-corrected chi connectivity index (χ2v) is 6.51. The van der Waals surface area contributed by atoms with Crippen molar-refractivity contribution in [3.63, 3.8) is 0 Å². The largest absolute Gasteiger partial charge is 0.487 e. The van der Waals surface area contributed by atoms with Crippen molar-refractivity contribution in [2.24, 2.45) is 5.92 Å². The van der Waals surface area contributed by atoms with Crippen molar-refractivity contribution in [1.29, 1.82) is 0 Å². The highest BCUT2D eigenvalue weighted by Crippen LogP contribution is 2.12. The molecule has 0 unspecified atom stereocenters. The van der Waals surface area contributed by atoms with Gasteiger partial charge in [-0.25, -0.2) is 0 Å². The molecular weight excluding hydrogens is 344 g/mol. The molecule has 25 heavy (non-hydrogen) atoms. The first-order valence-corrected chi connectivity index (χ1v) is 8.46. The van der Waals surface area contributed by atoms with E-state index in [2.05, 4.69) is 13.8 Å². The van der Waals surface area contributed by atoms with Crippen LogP contribution in [0.25, 0.3) is 0 Å². The highest BCUT2D eigenvalue weighted by atomic mass is 35.5. The molecule has 6 heteroatoms. The van der Waals surface area contributed by atoms with Gasteiger partial charge in [-0.05, 0) is 30.0 Å². The molecule has 0 aliphatic carbocycles. The van der Waals surface area contributed by atoms with Crippen LogP contribution in [0.3, 0.4) is 0 Å². The summed E-state index contributed by atoms with van der Waals surface area (Å²) in [5.41, 5.74) is 0.503. The fraction of sp³-hybridized carbons (Fsp3) is 0.368. The normalized spacial score (nSPS) is 10.7. The lowest BCUT2D eigenvalue weighted by Crippen LogP contribution is -2.12. The van der Waals surface area contributed by atoms with E-state index < -0.39 is 5.97 Å². The standard InChI is InChI=1S/C19H21ClO5/c1-13(2)7-8-23-18-12-24-16(10-17(18)21)11-25-19(22)9-14-3-5-15(20)6-4-14/h3-6,10,12-13H,7-9,11H2,1-2H3. The fourth-order valence-corrected chi connectivity index (χ4v) is 2.12. The SMILES string of the molecule is CC(C)CCOc1coc(COC(=O)Cc2ccc(Cl)cc2)cc1=O. The summed E-state index contributed by atoms with van der Waals surface area (Å²) >= 11 is 5.80. The molecule has 0 saturated heterocycles. The Morgan fingerprint density at radius 3 is 2.60 bits per heavy atom. The van der Waals surface area contributed by atoms with Crippen molar-refractivity contribution in [1.82, 2.24) is 0 Å². The Morgan fingerprint density at radius 1 is 1.24 bits per heavy atom. The molecule has 0 fully saturated rings. The molecule has 1 heterocycles. The van der Waals surface area contributed by atoms with Gasteiger partial charge in [0.15, 0.2) is 0 Å². The molecule has 1 aromatic heterocycles. The molecular formula is C19H21ClO5. The van der Waals surface area contributed by atoms with E-state index in [1.54, 1.807) is 24.3 Å². The zero-order chi connectivity index (χ0) is 18.2. The van der Waals surface area contributed by atoms with Crippen LogP contribution in [0.4, 0.5) is 0 Å². The summed E-state index contributed by atoms with van der Waals surface area (Å²) < 4.78 is 15.8. The Labute approximate surface area is 151 Å². The quantitative estimate of drug-likeness (QED) is 0.662. The maximum atomic E-state index is 11.9. The average Bonchev–Trinajstić information content (AvgIpc) is 2.56. The minimum absolute atomic E-state index is 0.103. The van der Waals surface area contributed by atoms with Crippen molar-refractivity contribution < 1.29 is 18.7 Å². The van der Waals surface area contributed by atoms with Crippen LogP contribution in [0.15, 0.2) is 45.8 Å². The summed E-state index contributed by atoms with van der Waals surface area (Å²) in [6.45, 7) is 4.51. The lowest BCUT2D eigenvalue weighted by molar-refractivity contribution is -0.144. The average molecular weight is 365 g/mol. The van der Waals surface area contributed by atoms with Crippen LogP contribution in [0.5, 0.6) is 5.75 Å². The van der Waals surface area contributed by atoms with Gasteiger partial charge in [0.05, 0.1) is 13.0 Å². The van der Waals surface area contributed by atoms with Gasteiger partial charge in [0.1, 0.15) is 18.6 Å². The molecule has 0 spiro atoms. The number of esters is 1. The maximum Gasteiger partial charge on any atom is 0.310 e. The molecule has 1 aromatic carbocycles. The van der Waals surface area contributed by atoms with Gasteiger partial charge in [0.2, 0.25) is 11.2 Å². The predicted molar refractivity (Wildman–Crippen MR) is 94.9 cm³/mol. The van der Waals surface area contributed by atoms with E-state index in [-0.39, 0.29) is 30.0 Å². The molecule has 134 valence electrons. The first-order chi connectivity index (χ1) is 11.9. The van der Waals surface area contributed by atoms with Crippen LogP contribution in [-0.4, -0.2) is 12.6 Å². The lowest BCUT2D eigenvalue weighted by atomic mass is 10.1. The van der Waals surface area contributed by atoms with Gasteiger partial charge >= 0.3 is 5.97 Å². The highest BCUT2D eigenvalue weighted by molar-refractivity contribution is 6.30. The third-order valence-electron chi connectivity index (χ3n) is 3.44. The van der Waals surface area contributed by atoms with Gasteiger partial charge in [-0.2, -0.15) is 0 Å². The Balaban J connectivity index is 1.84. The number of hydrogen-bond acceptors (Lipinski definition) is 5. The summed E-state index contributed by atoms with van der Waals surface area (Å²) in [5, 5.41) is 0.606. The van der Waals surface area contributed by atoms with Crippen LogP contribution in [0, 0.1) is 5.92 Å². The van der Waals surface area contributed by atoms with E-state index in [1.165, 1.54) is 12.3 Å². The van der Waals surface area contributed by atoms with Crippen LogP contribution in [0.2, 0.25) is 5.02 Å². The molecule has 0 aliphatic heterocycles. The number of carbonyl (C=O) groups excluding carboxylic acids is 1. The molecule has 0 radical (unpaired) electrons. The molecule has 0 atom stereocenters. The summed E-state index contributed by atoms with van der Waals surface area (Å²) in [7, 11) is 0. The van der Waals surface area contributed by atoms with Gasteiger partial charge in [-0.3, -0.25) is 9.59 Å². The van der Waals surface area contributed by atoms with E-state index >= 15 is 0 Å². The molecule has 0 N–H and O–H groups in total. The Bertz CT molecular complexity index is 749. The van der Waals surface area contributed by atoms with Gasteiger partial charge in [-0.15, -0.1) is 0 Å². The molecule has 5 nitrogen and oxygen atoms in total. The number of carbonyl (C=O) groups is 1. The van der Waals surface area contributed by atoms with Crippen molar-refractivity contribution in [2.45, 2.75) is 33.3 Å². The first kappa shape index (κ1) is 19.1. The molecule has 0 aliphatic rings. The van der Waals surface area contributed by atoms with Crippen LogP contribution in [-0.2, 0) is 22.6 Å². The number of benzene rings is 1. The van der Waals surface area contributed by atoms with Gasteiger partial charge < -0.3 is 13.9 Å². The van der Waals surface area contributed by atoms with E-state index in [1.807, 2.05) is 0 Å². The van der Waals surface area contributed by atoms with Crippen LogP contribution >= 0.6 is 11.6 Å². The van der Waals surface area contributed by atoms with Crippen LogP contribution < -0.4 is 10.2 Å². The second-order valence-electron chi connectivity index (χ2n) is 6.07. The topological polar surface area (TPSA) is 65.7 Å². The van der Waals surface area contributed by atoms with Gasteiger partial charge in [0, 0.05) is 11.1 Å². The summed E-state index contributed by atoms with van der Waals surface area (Å²) in [5.74, 6) is 0.510. The monoisotopic (exact) mass is 364 g/mol. The van der Waals surface area contributed by atoms with E-state index in [0.29, 0.717) is 17.5 Å². The highest BCUT2D eigenvalue weighted by Gasteiger charge is 2.09. The molecule has 0 bridgehead atoms. The number of hydrogen-bond donors (Lipinski definition) is 0. The first-order valence-electron chi connectivity index (χ1n) is 8.08. The van der Waals surface area contributed by atoms with E-state index in [9.17, 15) is 9.59 Å². The fourth-order valence-electron chi connectivity index (χ4n) is 2.00. The number of rotatable bonds is 8. The van der Waals surface area contributed by atoms with Gasteiger partial charge in [0.25, 0.3) is 0 Å². The Kier molecular flexibility index (Phi) is 7.07. The summed E-state index contributed by atoms with van der Waals surface area (Å²) in [4.78, 5) is 23.8. The van der Waals surface area contributed by atoms with Gasteiger partial charge in [-0.1, -0.05) is 37.6 Å². The molecule has 2 aromatic rings. The zero-order valence-corrected chi connectivity index (χ0v) is 15.0. The van der Waals surface area contributed by atoms with E-state index in [4.69, 9.17) is 25.5 Å². The van der Waals surface area contributed by atoms with Crippen molar-refractivity contribution in [3.8, 4) is 5.75 Å². The lowest BCUT2D eigenvalue weighted by Gasteiger charge is -2.08. The Hall–Kier alpha value is -2.27. The minimum atomic E-state index is -0.415. The Morgan fingerprint density at radius 2 is 1.96 bits per heavy atom. The third-order valence-corrected chi connectivity index (χ3v) is 3.69. The maximum absolute atomic E-state index is 11.9. The van der Waals surface area contributed by atoms with E-state index in [0.717, 1.165) is 12.0 Å². The van der Waals surface area contributed by atoms with Crippen molar-refractivity contribution in [2.75, 3.05) is 6.61 Å². The van der Waals surface area contributed by atoms with Crippen LogP contribution in [0.1, 0.15) is 31.6 Å². The minimum Gasteiger partial charge on any atom is -0.487 e. The summed E-state index contributed by atoms with van der Waals surface area (Å²) in [6.07, 6.45) is 2.23. The summed E-state index contributed by atoms with van der Waals surface area (Å²) in [6, 6.07) is 8.21. The smallest absolute Gasteiger partial charge is 0.310 e. The predicted octanol–water partition coefficient (Wildman–Crippen LogP) is 4.00. The molecule has 2 rings (SSSR count). The zero-order valence-electron chi connectivity index (χ0n) is 14.3. The number of ether oxygens (including phenoxy) is 2. The second kappa shape index (κ2) is 9.28. The van der Waals surface area contributed by atoms with Crippen molar-refractivity contribution >= 4 is 17.6 Å². The number of halogens is 1. The third kappa shape index (κ3) is 6.63. The molecule has 0 amide bonds. The van der Waals surface area contributed by atoms with Crippen molar-refractivity contribution in [3.05, 3.63) is 63.2 Å². The molecule has 0 saturated carbocycles.